The van der Waals surface area contributed by atoms with Gasteiger partial charge in [0.2, 0.25) is 0 Å². The molecule has 2 aromatic rings. The summed E-state index contributed by atoms with van der Waals surface area (Å²) < 4.78 is 8.78. The van der Waals surface area contributed by atoms with E-state index in [1.807, 2.05) is 24.3 Å². The lowest BCUT2D eigenvalue weighted by atomic mass is 10.1. The predicted molar refractivity (Wildman–Crippen MR) is 99.0 cm³/mol. The highest BCUT2D eigenvalue weighted by atomic mass is 32.2. The van der Waals surface area contributed by atoms with Gasteiger partial charge >= 0.3 is 0 Å². The number of ether oxygens (including phenoxy) is 1. The molecule has 6 heteroatoms. The van der Waals surface area contributed by atoms with Crippen molar-refractivity contribution >= 4 is 40.3 Å². The van der Waals surface area contributed by atoms with Crippen LogP contribution in [-0.4, -0.2) is 23.3 Å². The van der Waals surface area contributed by atoms with Gasteiger partial charge in [-0.05, 0) is 60.0 Å². The molecule has 0 bridgehead atoms. The molecular weight excluding hydrogens is 342 g/mol. The minimum absolute atomic E-state index is 0.0342. The second-order valence-electron chi connectivity index (χ2n) is 5.35. The predicted octanol–water partition coefficient (Wildman–Crippen LogP) is 4.20. The molecule has 124 valence electrons. The Bertz CT molecular complexity index is 759. The lowest BCUT2D eigenvalue weighted by Crippen LogP contribution is -2.03. The number of hydrogen-bond acceptors (Lipinski definition) is 6. The van der Waals surface area contributed by atoms with E-state index in [0.29, 0.717) is 5.56 Å². The van der Waals surface area contributed by atoms with Crippen molar-refractivity contribution in [1.82, 2.24) is 0 Å². The van der Waals surface area contributed by atoms with Crippen molar-refractivity contribution in [3.63, 3.8) is 0 Å². The second kappa shape index (κ2) is 7.77. The number of carbonyl (C=O) groups excluding carboxylic acids is 2. The molecule has 0 saturated heterocycles. The Balaban J connectivity index is 1.56. The van der Waals surface area contributed by atoms with E-state index in [-0.39, 0.29) is 16.7 Å². The molecule has 24 heavy (non-hydrogen) atoms. The topological polar surface area (TPSA) is 55.4 Å². The number of nitrogens with one attached hydrogen (secondary N) is 1. The molecule has 1 aliphatic rings. The normalized spacial score (nSPS) is 12.4. The standard InChI is InChI=1S/C18H17NO3S2/c1-12(20)23-11-17(21)13-2-4-15(5-3-13)19-24-16-6-7-18-14(10-16)8-9-22-18/h2-7,10,19H,8-9,11H2,1H3. The van der Waals surface area contributed by atoms with Crippen LogP contribution in [0.2, 0.25) is 0 Å². The number of carbonyl (C=O) groups is 2. The van der Waals surface area contributed by atoms with Crippen LogP contribution in [0.3, 0.4) is 0 Å². The van der Waals surface area contributed by atoms with Gasteiger partial charge in [-0.2, -0.15) is 0 Å². The zero-order valence-electron chi connectivity index (χ0n) is 13.2. The summed E-state index contributed by atoms with van der Waals surface area (Å²) in [6.45, 7) is 2.22. The van der Waals surface area contributed by atoms with Crippen LogP contribution in [0.5, 0.6) is 5.75 Å². The molecule has 0 aliphatic carbocycles. The summed E-state index contributed by atoms with van der Waals surface area (Å²) in [7, 11) is 0. The van der Waals surface area contributed by atoms with E-state index in [2.05, 4.69) is 10.8 Å². The third-order valence-corrected chi connectivity index (χ3v) is 5.20. The molecule has 0 unspecified atom stereocenters. The maximum atomic E-state index is 11.9. The molecule has 0 fully saturated rings. The van der Waals surface area contributed by atoms with Crippen LogP contribution < -0.4 is 9.46 Å². The van der Waals surface area contributed by atoms with Gasteiger partial charge in [0.1, 0.15) is 5.75 Å². The minimum Gasteiger partial charge on any atom is -0.493 e. The molecule has 1 N–H and O–H groups in total. The van der Waals surface area contributed by atoms with Gasteiger partial charge in [0.05, 0.1) is 12.4 Å². The highest BCUT2D eigenvalue weighted by molar-refractivity contribution is 8.14. The quantitative estimate of drug-likeness (QED) is 0.616. The Morgan fingerprint density at radius 2 is 1.96 bits per heavy atom. The van der Waals surface area contributed by atoms with Crippen LogP contribution in [0.25, 0.3) is 0 Å². The monoisotopic (exact) mass is 359 g/mol. The Hall–Kier alpha value is -1.92. The number of benzene rings is 2. The number of ketones is 1. The number of fused-ring (bicyclic) bond motifs is 1. The first-order valence-electron chi connectivity index (χ1n) is 7.57. The Labute approximate surface area is 149 Å². The van der Waals surface area contributed by atoms with Crippen molar-refractivity contribution in [2.45, 2.75) is 18.2 Å². The Morgan fingerprint density at radius 3 is 2.71 bits per heavy atom. The van der Waals surface area contributed by atoms with Crippen molar-refractivity contribution in [2.75, 3.05) is 17.1 Å². The molecule has 0 spiro atoms. The summed E-state index contributed by atoms with van der Waals surface area (Å²) in [6, 6.07) is 13.5. The van der Waals surface area contributed by atoms with Gasteiger partial charge in [0.25, 0.3) is 0 Å². The molecule has 4 nitrogen and oxygen atoms in total. The maximum Gasteiger partial charge on any atom is 0.186 e. The third kappa shape index (κ3) is 4.33. The van der Waals surface area contributed by atoms with Gasteiger partial charge in [-0.25, -0.2) is 0 Å². The molecule has 1 aliphatic heterocycles. The fraction of sp³-hybridized carbons (Fsp3) is 0.222. The number of hydrogen-bond donors (Lipinski definition) is 1. The highest BCUT2D eigenvalue weighted by Gasteiger charge is 2.12. The van der Waals surface area contributed by atoms with Gasteiger partial charge in [-0.3, -0.25) is 9.59 Å². The smallest absolute Gasteiger partial charge is 0.186 e. The zero-order chi connectivity index (χ0) is 16.9. The van der Waals surface area contributed by atoms with Gasteiger partial charge in [-0.1, -0.05) is 11.8 Å². The van der Waals surface area contributed by atoms with E-state index in [1.165, 1.54) is 24.4 Å². The van der Waals surface area contributed by atoms with E-state index in [9.17, 15) is 9.59 Å². The molecule has 0 radical (unpaired) electrons. The fourth-order valence-electron chi connectivity index (χ4n) is 2.32. The number of Topliss-reactive ketones (excluding diaryl/α,β-unsaturated/α-hetero) is 1. The Kier molecular flexibility index (Phi) is 5.48. The van der Waals surface area contributed by atoms with Crippen molar-refractivity contribution in [3.8, 4) is 5.75 Å². The van der Waals surface area contributed by atoms with E-state index < -0.39 is 0 Å². The van der Waals surface area contributed by atoms with Gasteiger partial charge < -0.3 is 9.46 Å². The number of anilines is 1. The zero-order valence-corrected chi connectivity index (χ0v) is 14.8. The fourth-order valence-corrected chi connectivity index (χ4v) is 3.53. The minimum atomic E-state index is -0.0437. The van der Waals surface area contributed by atoms with E-state index in [0.717, 1.165) is 41.1 Å². The summed E-state index contributed by atoms with van der Waals surface area (Å²) in [5, 5.41) is -0.0437. The van der Waals surface area contributed by atoms with Crippen LogP contribution >= 0.6 is 23.7 Å². The van der Waals surface area contributed by atoms with E-state index in [4.69, 9.17) is 4.74 Å². The van der Waals surface area contributed by atoms with Gasteiger partial charge in [0.15, 0.2) is 10.9 Å². The first-order chi connectivity index (χ1) is 11.6. The van der Waals surface area contributed by atoms with Crippen molar-refractivity contribution in [2.24, 2.45) is 0 Å². The van der Waals surface area contributed by atoms with Crippen LogP contribution in [0, 0.1) is 0 Å². The van der Waals surface area contributed by atoms with Crippen LogP contribution in [0.15, 0.2) is 47.4 Å². The average molecular weight is 359 g/mol. The van der Waals surface area contributed by atoms with Crippen LogP contribution in [0.4, 0.5) is 5.69 Å². The number of thioether (sulfide) groups is 1. The van der Waals surface area contributed by atoms with Crippen molar-refractivity contribution in [3.05, 3.63) is 53.6 Å². The average Bonchev–Trinajstić information content (AvgIpc) is 3.06. The van der Waals surface area contributed by atoms with Gasteiger partial charge in [-0.15, -0.1) is 0 Å². The Morgan fingerprint density at radius 1 is 1.17 bits per heavy atom. The maximum absolute atomic E-state index is 11.9. The lowest BCUT2D eigenvalue weighted by Gasteiger charge is -2.07. The van der Waals surface area contributed by atoms with E-state index in [1.54, 1.807) is 12.1 Å². The van der Waals surface area contributed by atoms with Crippen molar-refractivity contribution in [1.29, 1.82) is 0 Å². The molecule has 3 rings (SSSR count). The largest absolute Gasteiger partial charge is 0.493 e. The SMILES string of the molecule is CC(=O)SCC(=O)c1ccc(NSc2ccc3c(c2)CCO3)cc1. The van der Waals surface area contributed by atoms with E-state index >= 15 is 0 Å². The molecule has 1 heterocycles. The molecule has 2 aromatic carbocycles. The van der Waals surface area contributed by atoms with Crippen LogP contribution in [-0.2, 0) is 11.2 Å². The lowest BCUT2D eigenvalue weighted by molar-refractivity contribution is -0.109. The highest BCUT2D eigenvalue weighted by Crippen LogP contribution is 2.30. The summed E-state index contributed by atoms with van der Waals surface area (Å²) in [5.74, 6) is 1.13. The van der Waals surface area contributed by atoms with Crippen LogP contribution in [0.1, 0.15) is 22.8 Å². The second-order valence-corrected chi connectivity index (χ2v) is 7.38. The summed E-state index contributed by atoms with van der Waals surface area (Å²) in [5.41, 5.74) is 2.78. The summed E-state index contributed by atoms with van der Waals surface area (Å²) >= 11 is 2.57. The van der Waals surface area contributed by atoms with Crippen molar-refractivity contribution < 1.29 is 14.3 Å². The molecule has 0 saturated carbocycles. The molecular formula is C18H17NO3S2. The first kappa shape index (κ1) is 16.9. The molecule has 0 atom stereocenters. The van der Waals surface area contributed by atoms with Gasteiger partial charge in [0, 0.05) is 29.5 Å². The third-order valence-electron chi connectivity index (χ3n) is 3.56. The summed E-state index contributed by atoms with van der Waals surface area (Å²) in [6.07, 6.45) is 0.957. The molecule has 0 aromatic heterocycles. The first-order valence-corrected chi connectivity index (χ1v) is 9.37. The molecule has 0 amide bonds. The number of rotatable bonds is 6. The summed E-state index contributed by atoms with van der Waals surface area (Å²) in [4.78, 5) is 24.0.